The summed E-state index contributed by atoms with van der Waals surface area (Å²) in [6.07, 6.45) is 8.44. The Bertz CT molecular complexity index is 831. The molecule has 0 radical (unpaired) electrons. The molecule has 4 rings (SSSR count). The molecule has 2 aliphatic rings. The zero-order chi connectivity index (χ0) is 18.1. The normalized spacial score (nSPS) is 20.0. The van der Waals surface area contributed by atoms with Gasteiger partial charge in [0.15, 0.2) is 5.82 Å². The van der Waals surface area contributed by atoms with E-state index in [1.807, 2.05) is 35.7 Å². The van der Waals surface area contributed by atoms with Crippen molar-refractivity contribution in [1.82, 2.24) is 19.4 Å². The number of nitrogens with zero attached hydrogens (tertiary/aromatic N) is 5. The van der Waals surface area contributed by atoms with E-state index in [1.165, 1.54) is 0 Å². The molecule has 0 N–H and O–H groups in total. The molecule has 7 heteroatoms. The molecule has 0 bridgehead atoms. The van der Waals surface area contributed by atoms with Gasteiger partial charge >= 0.3 is 0 Å². The van der Waals surface area contributed by atoms with Gasteiger partial charge in [-0.15, -0.1) is 0 Å². The summed E-state index contributed by atoms with van der Waals surface area (Å²) in [5.74, 6) is 1.38. The van der Waals surface area contributed by atoms with Crippen LogP contribution in [0.25, 0.3) is 0 Å². The average molecular weight is 355 g/mol. The lowest BCUT2D eigenvalue weighted by Gasteiger charge is -2.18. The Hall–Kier alpha value is -2.41. The van der Waals surface area contributed by atoms with E-state index in [1.54, 1.807) is 18.6 Å². The molecule has 0 amide bonds. The fourth-order valence-electron chi connectivity index (χ4n) is 3.42. The molecule has 2 aromatic rings. The van der Waals surface area contributed by atoms with Crippen LogP contribution >= 0.6 is 0 Å². The van der Waals surface area contributed by atoms with Gasteiger partial charge in [0.1, 0.15) is 11.9 Å². The first-order valence-corrected chi connectivity index (χ1v) is 9.18. The molecule has 1 saturated carbocycles. The van der Waals surface area contributed by atoms with Crippen LogP contribution in [0.2, 0.25) is 0 Å². The van der Waals surface area contributed by atoms with Crippen molar-refractivity contribution >= 4 is 5.82 Å². The van der Waals surface area contributed by atoms with Crippen LogP contribution in [0.4, 0.5) is 5.82 Å². The molecule has 1 aliphatic carbocycles. The van der Waals surface area contributed by atoms with Gasteiger partial charge in [0.25, 0.3) is 5.56 Å². The zero-order valence-corrected chi connectivity index (χ0v) is 15.3. The lowest BCUT2D eigenvalue weighted by molar-refractivity contribution is 0.224. The molecule has 0 aromatic carbocycles. The first kappa shape index (κ1) is 17.0. The van der Waals surface area contributed by atoms with Crippen molar-refractivity contribution in [2.24, 2.45) is 0 Å². The summed E-state index contributed by atoms with van der Waals surface area (Å²) < 4.78 is 7.97. The minimum absolute atomic E-state index is 0.0211. The summed E-state index contributed by atoms with van der Waals surface area (Å²) in [6.45, 7) is 2.25. The van der Waals surface area contributed by atoms with Crippen molar-refractivity contribution in [3.63, 3.8) is 0 Å². The molecule has 7 nitrogen and oxygen atoms in total. The van der Waals surface area contributed by atoms with Crippen LogP contribution in [0, 0.1) is 0 Å². The minimum atomic E-state index is 0.0211. The lowest BCUT2D eigenvalue weighted by atomic mass is 10.3. The number of rotatable bonds is 6. The number of anilines is 1. The summed E-state index contributed by atoms with van der Waals surface area (Å²) >= 11 is 0. The van der Waals surface area contributed by atoms with Gasteiger partial charge < -0.3 is 19.1 Å². The third-order valence-corrected chi connectivity index (χ3v) is 4.80. The van der Waals surface area contributed by atoms with E-state index in [4.69, 9.17) is 4.74 Å². The van der Waals surface area contributed by atoms with Crippen molar-refractivity contribution in [2.75, 3.05) is 32.1 Å². The largest absolute Gasteiger partial charge is 0.488 e. The average Bonchev–Trinajstić information content (AvgIpc) is 3.34. The second-order valence-corrected chi connectivity index (χ2v) is 7.39. The summed E-state index contributed by atoms with van der Waals surface area (Å²) in [7, 11) is 4.04. The number of aromatic nitrogens is 3. The van der Waals surface area contributed by atoms with Gasteiger partial charge in [0, 0.05) is 50.2 Å². The van der Waals surface area contributed by atoms with Gasteiger partial charge in [0.05, 0.1) is 12.2 Å². The van der Waals surface area contributed by atoms with Crippen LogP contribution in [0.3, 0.4) is 0 Å². The Morgan fingerprint density at radius 2 is 2.08 bits per heavy atom. The number of ether oxygens (including phenoxy) is 1. The van der Waals surface area contributed by atoms with E-state index >= 15 is 0 Å². The SMILES string of the molecule is CN(C)Cc1cc(OC2CCN(c3nccn(C4CC4)c3=O)C2)ccn1. The Morgan fingerprint density at radius 1 is 1.23 bits per heavy atom. The van der Waals surface area contributed by atoms with Gasteiger partial charge in [-0.05, 0) is 33.0 Å². The van der Waals surface area contributed by atoms with E-state index in [-0.39, 0.29) is 11.7 Å². The third-order valence-electron chi connectivity index (χ3n) is 4.80. The highest BCUT2D eigenvalue weighted by Crippen LogP contribution is 2.33. The smallest absolute Gasteiger partial charge is 0.293 e. The quantitative estimate of drug-likeness (QED) is 0.786. The Labute approximate surface area is 153 Å². The molecule has 0 spiro atoms. The van der Waals surface area contributed by atoms with Gasteiger partial charge in [-0.3, -0.25) is 9.78 Å². The van der Waals surface area contributed by atoms with Crippen LogP contribution in [0.15, 0.2) is 35.5 Å². The summed E-state index contributed by atoms with van der Waals surface area (Å²) in [5.41, 5.74) is 1.01. The highest BCUT2D eigenvalue weighted by molar-refractivity contribution is 5.38. The van der Waals surface area contributed by atoms with Crippen molar-refractivity contribution in [2.45, 2.75) is 38.0 Å². The molecule has 1 aliphatic heterocycles. The molecular formula is C19H25N5O2. The van der Waals surface area contributed by atoms with Crippen LogP contribution in [-0.4, -0.2) is 52.7 Å². The number of hydrogen-bond donors (Lipinski definition) is 0. The molecule has 2 aromatic heterocycles. The first-order chi connectivity index (χ1) is 12.6. The maximum absolute atomic E-state index is 12.7. The topological polar surface area (TPSA) is 63.5 Å². The Kier molecular flexibility index (Phi) is 4.63. The van der Waals surface area contributed by atoms with Gasteiger partial charge in [0.2, 0.25) is 0 Å². The fraction of sp³-hybridized carbons (Fsp3) is 0.526. The molecule has 1 unspecified atom stereocenters. The summed E-state index contributed by atoms with van der Waals surface area (Å²) in [5, 5.41) is 0. The van der Waals surface area contributed by atoms with Crippen molar-refractivity contribution < 1.29 is 4.74 Å². The van der Waals surface area contributed by atoms with E-state index in [2.05, 4.69) is 14.9 Å². The van der Waals surface area contributed by atoms with E-state index in [9.17, 15) is 4.79 Å². The predicted molar refractivity (Wildman–Crippen MR) is 99.6 cm³/mol. The van der Waals surface area contributed by atoms with Crippen LogP contribution in [0.5, 0.6) is 5.75 Å². The Balaban J connectivity index is 1.43. The van der Waals surface area contributed by atoms with Gasteiger partial charge in [-0.1, -0.05) is 0 Å². The second-order valence-electron chi connectivity index (χ2n) is 7.39. The Morgan fingerprint density at radius 3 is 2.85 bits per heavy atom. The molecule has 1 saturated heterocycles. The van der Waals surface area contributed by atoms with Crippen LogP contribution in [-0.2, 0) is 6.54 Å². The first-order valence-electron chi connectivity index (χ1n) is 9.18. The fourth-order valence-corrected chi connectivity index (χ4v) is 3.42. The standard InChI is InChI=1S/C19H25N5O2/c1-22(2)12-14-11-16(5-7-20-14)26-17-6-9-23(13-17)18-19(25)24(10-8-21-18)15-3-4-15/h5,7-8,10-11,15,17H,3-4,6,9,12-13H2,1-2H3. The zero-order valence-electron chi connectivity index (χ0n) is 15.3. The molecule has 1 atom stereocenters. The van der Waals surface area contributed by atoms with Crippen LogP contribution in [0.1, 0.15) is 31.0 Å². The molecule has 26 heavy (non-hydrogen) atoms. The van der Waals surface area contributed by atoms with Gasteiger partial charge in [-0.2, -0.15) is 0 Å². The monoisotopic (exact) mass is 355 g/mol. The van der Waals surface area contributed by atoms with Gasteiger partial charge in [-0.25, -0.2) is 4.98 Å². The van der Waals surface area contributed by atoms with Crippen LogP contribution < -0.4 is 15.2 Å². The molecule has 3 heterocycles. The second kappa shape index (κ2) is 7.07. The predicted octanol–water partition coefficient (Wildman–Crippen LogP) is 1.69. The molecule has 2 fully saturated rings. The molecule has 138 valence electrons. The number of pyridine rings is 1. The maximum atomic E-state index is 12.7. The summed E-state index contributed by atoms with van der Waals surface area (Å²) in [6, 6.07) is 4.25. The third kappa shape index (κ3) is 3.72. The minimum Gasteiger partial charge on any atom is -0.488 e. The van der Waals surface area contributed by atoms with Crippen molar-refractivity contribution in [1.29, 1.82) is 0 Å². The molecular weight excluding hydrogens is 330 g/mol. The van der Waals surface area contributed by atoms with E-state index in [0.717, 1.165) is 43.8 Å². The highest BCUT2D eigenvalue weighted by atomic mass is 16.5. The highest BCUT2D eigenvalue weighted by Gasteiger charge is 2.30. The van der Waals surface area contributed by atoms with E-state index in [0.29, 0.717) is 18.4 Å². The maximum Gasteiger partial charge on any atom is 0.293 e. The lowest BCUT2D eigenvalue weighted by Crippen LogP contribution is -2.33. The van der Waals surface area contributed by atoms with Crippen molar-refractivity contribution in [3.05, 3.63) is 46.8 Å². The summed E-state index contributed by atoms with van der Waals surface area (Å²) in [4.78, 5) is 25.5. The number of hydrogen-bond acceptors (Lipinski definition) is 6. The van der Waals surface area contributed by atoms with E-state index < -0.39 is 0 Å². The van der Waals surface area contributed by atoms with Crippen molar-refractivity contribution in [3.8, 4) is 5.75 Å².